The second-order valence-corrected chi connectivity index (χ2v) is 7.59. The zero-order valence-electron chi connectivity index (χ0n) is 18.9. The van der Waals surface area contributed by atoms with Gasteiger partial charge in [0.05, 0.1) is 23.8 Å². The van der Waals surface area contributed by atoms with Crippen LogP contribution in [0.4, 0.5) is 5.69 Å². The molecule has 9 nitrogen and oxygen atoms in total. The highest BCUT2D eigenvalue weighted by molar-refractivity contribution is 5.94. The number of hydrogen-bond donors (Lipinski definition) is 1. The summed E-state index contributed by atoms with van der Waals surface area (Å²) in [6.45, 7) is 9.99. The Morgan fingerprint density at radius 1 is 1.22 bits per heavy atom. The highest BCUT2D eigenvalue weighted by Crippen LogP contribution is 2.23. The maximum absolute atomic E-state index is 12.7. The first-order valence-electron chi connectivity index (χ1n) is 10.7. The number of nitro groups is 1. The Hall–Kier alpha value is -3.46. The van der Waals surface area contributed by atoms with E-state index in [1.165, 1.54) is 0 Å². The van der Waals surface area contributed by atoms with Crippen molar-refractivity contribution < 1.29 is 14.1 Å². The molecule has 0 spiro atoms. The van der Waals surface area contributed by atoms with Gasteiger partial charge in [-0.05, 0) is 56.8 Å². The maximum atomic E-state index is 12.7. The molecule has 3 rings (SSSR count). The molecule has 2 aromatic heterocycles. The van der Waals surface area contributed by atoms with Crippen molar-refractivity contribution in [2.24, 2.45) is 0 Å². The summed E-state index contributed by atoms with van der Waals surface area (Å²) in [5.41, 5.74) is 2.39. The van der Waals surface area contributed by atoms with E-state index in [1.54, 1.807) is 36.9 Å². The standard InChI is InChI=1S/C23H29N5O4/c1-5-26(6-2)20(21-8-7-13-32-21)14-24-23(29)19-11-9-18(10-12-19)15-27-17(4)22(28(30)31)16(3)25-27/h7-13,20H,5-6,14-15H2,1-4H3,(H,24,29). The SMILES string of the molecule is CCN(CC)C(CNC(=O)c1ccc(Cn2nc(C)c([N+](=O)[O-])c2C)cc1)c1ccco1. The van der Waals surface area contributed by atoms with Crippen LogP contribution < -0.4 is 5.32 Å². The van der Waals surface area contributed by atoms with Crippen molar-refractivity contribution in [2.45, 2.75) is 40.3 Å². The third kappa shape index (κ3) is 5.05. The van der Waals surface area contributed by atoms with Gasteiger partial charge in [0.25, 0.3) is 5.91 Å². The van der Waals surface area contributed by atoms with Crippen LogP contribution in [0.3, 0.4) is 0 Å². The molecule has 0 aliphatic rings. The van der Waals surface area contributed by atoms with Crippen molar-refractivity contribution in [3.05, 3.63) is 81.1 Å². The number of nitrogens with one attached hydrogen (secondary N) is 1. The van der Waals surface area contributed by atoms with E-state index < -0.39 is 4.92 Å². The van der Waals surface area contributed by atoms with Crippen LogP contribution in [0.1, 0.15) is 53.0 Å². The maximum Gasteiger partial charge on any atom is 0.312 e. The molecule has 0 bridgehead atoms. The number of rotatable bonds is 10. The lowest BCUT2D eigenvalue weighted by Crippen LogP contribution is -2.37. The summed E-state index contributed by atoms with van der Waals surface area (Å²) in [4.78, 5) is 25.7. The predicted molar refractivity (Wildman–Crippen MR) is 121 cm³/mol. The van der Waals surface area contributed by atoms with Gasteiger partial charge < -0.3 is 9.73 Å². The van der Waals surface area contributed by atoms with Gasteiger partial charge in [0.15, 0.2) is 0 Å². The molecular formula is C23H29N5O4. The zero-order chi connectivity index (χ0) is 23.3. The normalized spacial score (nSPS) is 12.2. The minimum atomic E-state index is -0.407. The minimum absolute atomic E-state index is 0.0370. The Morgan fingerprint density at radius 3 is 2.44 bits per heavy atom. The first kappa shape index (κ1) is 23.2. The van der Waals surface area contributed by atoms with Gasteiger partial charge in [-0.1, -0.05) is 26.0 Å². The number of nitrogens with zero attached hydrogens (tertiary/aromatic N) is 4. The number of benzene rings is 1. The molecule has 1 atom stereocenters. The van der Waals surface area contributed by atoms with Crippen LogP contribution in [-0.2, 0) is 6.54 Å². The fraction of sp³-hybridized carbons (Fsp3) is 0.391. The molecule has 1 amide bonds. The van der Waals surface area contributed by atoms with Crippen LogP contribution in [0.15, 0.2) is 47.1 Å². The van der Waals surface area contributed by atoms with Crippen molar-refractivity contribution in [3.63, 3.8) is 0 Å². The van der Waals surface area contributed by atoms with Gasteiger partial charge in [0, 0.05) is 12.1 Å². The molecule has 32 heavy (non-hydrogen) atoms. The Morgan fingerprint density at radius 2 is 1.91 bits per heavy atom. The molecule has 3 aromatic rings. The van der Waals surface area contributed by atoms with E-state index in [0.717, 1.165) is 24.4 Å². The quantitative estimate of drug-likeness (QED) is 0.380. The van der Waals surface area contributed by atoms with E-state index in [1.807, 2.05) is 24.3 Å². The molecule has 0 aliphatic heterocycles. The van der Waals surface area contributed by atoms with Crippen LogP contribution in [-0.4, -0.2) is 45.1 Å². The average Bonchev–Trinajstić information content (AvgIpc) is 3.39. The molecule has 0 fully saturated rings. The molecule has 0 aliphatic carbocycles. The number of furan rings is 1. The summed E-state index contributed by atoms with van der Waals surface area (Å²) < 4.78 is 7.19. The number of aryl methyl sites for hydroxylation is 1. The highest BCUT2D eigenvalue weighted by atomic mass is 16.6. The number of likely N-dealkylation sites (N-methyl/N-ethyl adjacent to an activating group) is 1. The van der Waals surface area contributed by atoms with Crippen LogP contribution in [0.25, 0.3) is 0 Å². The smallest absolute Gasteiger partial charge is 0.312 e. The first-order chi connectivity index (χ1) is 15.3. The van der Waals surface area contributed by atoms with Gasteiger partial charge in [0.2, 0.25) is 0 Å². The van der Waals surface area contributed by atoms with Gasteiger partial charge in [-0.25, -0.2) is 0 Å². The summed E-state index contributed by atoms with van der Waals surface area (Å²) in [7, 11) is 0. The Balaban J connectivity index is 1.66. The molecule has 2 heterocycles. The third-order valence-corrected chi connectivity index (χ3v) is 5.66. The summed E-state index contributed by atoms with van der Waals surface area (Å²) in [6, 6.07) is 10.9. The predicted octanol–water partition coefficient (Wildman–Crippen LogP) is 3.86. The molecule has 0 radical (unpaired) electrons. The van der Waals surface area contributed by atoms with E-state index in [4.69, 9.17) is 4.42 Å². The lowest BCUT2D eigenvalue weighted by atomic mass is 10.1. The van der Waals surface area contributed by atoms with Gasteiger partial charge in [-0.15, -0.1) is 0 Å². The molecule has 170 valence electrons. The largest absolute Gasteiger partial charge is 0.468 e. The lowest BCUT2D eigenvalue weighted by Gasteiger charge is -2.28. The van der Waals surface area contributed by atoms with Crippen molar-refractivity contribution in [1.82, 2.24) is 20.0 Å². The van der Waals surface area contributed by atoms with Crippen molar-refractivity contribution >= 4 is 11.6 Å². The second-order valence-electron chi connectivity index (χ2n) is 7.59. The monoisotopic (exact) mass is 439 g/mol. The van der Waals surface area contributed by atoms with Crippen LogP contribution >= 0.6 is 0 Å². The van der Waals surface area contributed by atoms with Gasteiger partial charge in [-0.2, -0.15) is 5.10 Å². The van der Waals surface area contributed by atoms with E-state index in [9.17, 15) is 14.9 Å². The summed E-state index contributed by atoms with van der Waals surface area (Å²) in [5.74, 6) is 0.658. The van der Waals surface area contributed by atoms with Crippen molar-refractivity contribution in [2.75, 3.05) is 19.6 Å². The molecule has 9 heteroatoms. The van der Waals surface area contributed by atoms with E-state index in [2.05, 4.69) is 29.2 Å². The van der Waals surface area contributed by atoms with Crippen molar-refractivity contribution in [1.29, 1.82) is 0 Å². The molecular weight excluding hydrogens is 410 g/mol. The van der Waals surface area contributed by atoms with Gasteiger partial charge in [0.1, 0.15) is 17.1 Å². The minimum Gasteiger partial charge on any atom is -0.468 e. The van der Waals surface area contributed by atoms with Gasteiger partial charge >= 0.3 is 5.69 Å². The zero-order valence-corrected chi connectivity index (χ0v) is 18.9. The Kier molecular flexibility index (Phi) is 7.42. The first-order valence-corrected chi connectivity index (χ1v) is 10.7. The second kappa shape index (κ2) is 10.2. The fourth-order valence-electron chi connectivity index (χ4n) is 3.89. The summed E-state index contributed by atoms with van der Waals surface area (Å²) in [6.07, 6.45) is 1.64. The van der Waals surface area contributed by atoms with Crippen LogP contribution in [0.5, 0.6) is 0 Å². The van der Waals surface area contributed by atoms with Crippen molar-refractivity contribution in [3.8, 4) is 0 Å². The van der Waals surface area contributed by atoms with E-state index >= 15 is 0 Å². The number of hydrogen-bond acceptors (Lipinski definition) is 6. The number of amides is 1. The topological polar surface area (TPSA) is 106 Å². The summed E-state index contributed by atoms with van der Waals surface area (Å²) >= 11 is 0. The molecule has 1 N–H and O–H groups in total. The molecule has 0 saturated heterocycles. The summed E-state index contributed by atoms with van der Waals surface area (Å²) in [5, 5.41) is 18.5. The fourth-order valence-corrected chi connectivity index (χ4v) is 3.89. The van der Waals surface area contributed by atoms with Crippen LogP contribution in [0.2, 0.25) is 0 Å². The number of aromatic nitrogens is 2. The molecule has 1 unspecified atom stereocenters. The Labute approximate surface area is 187 Å². The van der Waals surface area contributed by atoms with E-state index in [0.29, 0.717) is 30.0 Å². The average molecular weight is 440 g/mol. The number of carbonyl (C=O) groups excluding carboxylic acids is 1. The highest BCUT2D eigenvalue weighted by Gasteiger charge is 2.23. The van der Waals surface area contributed by atoms with E-state index in [-0.39, 0.29) is 17.6 Å². The Bertz CT molecular complexity index is 1050. The molecule has 1 aromatic carbocycles. The van der Waals surface area contributed by atoms with Gasteiger partial charge in [-0.3, -0.25) is 24.5 Å². The van der Waals surface area contributed by atoms with Crippen LogP contribution in [0, 0.1) is 24.0 Å². The third-order valence-electron chi connectivity index (χ3n) is 5.66. The number of carbonyl (C=O) groups is 1. The molecule has 0 saturated carbocycles. The lowest BCUT2D eigenvalue weighted by molar-refractivity contribution is -0.386.